The van der Waals surface area contributed by atoms with Crippen molar-refractivity contribution in [1.29, 1.82) is 0 Å². The minimum absolute atomic E-state index is 0.0331. The number of aromatic nitrogens is 2. The van der Waals surface area contributed by atoms with Crippen LogP contribution in [0.3, 0.4) is 0 Å². The second-order valence-corrected chi connectivity index (χ2v) is 6.53. The predicted octanol–water partition coefficient (Wildman–Crippen LogP) is 3.25. The van der Waals surface area contributed by atoms with Crippen LogP contribution in [0, 0.1) is 0 Å². The summed E-state index contributed by atoms with van der Waals surface area (Å²) in [6, 6.07) is 17.6. The lowest BCUT2D eigenvalue weighted by Crippen LogP contribution is -2.39. The van der Waals surface area contributed by atoms with E-state index in [1.54, 1.807) is 6.20 Å². The van der Waals surface area contributed by atoms with Crippen LogP contribution in [0.25, 0.3) is 0 Å². The van der Waals surface area contributed by atoms with Gasteiger partial charge in [-0.1, -0.05) is 42.5 Å². The quantitative estimate of drug-likeness (QED) is 0.732. The Bertz CT molecular complexity index is 908. The molecule has 4 rings (SSSR count). The van der Waals surface area contributed by atoms with Crippen molar-refractivity contribution in [3.05, 3.63) is 83.7 Å². The summed E-state index contributed by atoms with van der Waals surface area (Å²) in [4.78, 5) is 12.4. The van der Waals surface area contributed by atoms with Crippen molar-refractivity contribution >= 4 is 6.03 Å². The van der Waals surface area contributed by atoms with Gasteiger partial charge in [0.25, 0.3) is 0 Å². The Balaban J connectivity index is 1.38. The van der Waals surface area contributed by atoms with Crippen molar-refractivity contribution in [2.24, 2.45) is 0 Å². The molecule has 138 valence electrons. The van der Waals surface area contributed by atoms with Crippen molar-refractivity contribution in [3.8, 4) is 5.75 Å². The van der Waals surface area contributed by atoms with E-state index in [2.05, 4.69) is 21.8 Å². The van der Waals surface area contributed by atoms with Gasteiger partial charge >= 0.3 is 6.03 Å². The topological polar surface area (TPSA) is 68.2 Å². The van der Waals surface area contributed by atoms with Gasteiger partial charge in [0.15, 0.2) is 0 Å². The zero-order valence-corrected chi connectivity index (χ0v) is 15.0. The van der Waals surface area contributed by atoms with Crippen LogP contribution in [0.4, 0.5) is 4.79 Å². The zero-order chi connectivity index (χ0) is 18.5. The molecular weight excluding hydrogens is 340 g/mol. The standard InChI is InChI=1S/C21H22N4O2/c26-21(24-19-10-13-27-20-9-4-3-8-18(19)20)22-14-16-6-1-2-7-17(16)15-25-12-5-11-23-25/h1-9,11-12,19H,10,13-15H2,(H2,22,24,26). The van der Waals surface area contributed by atoms with Crippen LogP contribution in [0.15, 0.2) is 67.0 Å². The molecule has 6 nitrogen and oxygen atoms in total. The first-order chi connectivity index (χ1) is 13.3. The van der Waals surface area contributed by atoms with E-state index >= 15 is 0 Å². The maximum absolute atomic E-state index is 12.4. The van der Waals surface area contributed by atoms with Crippen molar-refractivity contribution in [2.45, 2.75) is 25.6 Å². The summed E-state index contributed by atoms with van der Waals surface area (Å²) in [7, 11) is 0. The van der Waals surface area contributed by atoms with Crippen LogP contribution < -0.4 is 15.4 Å². The molecule has 1 aliphatic heterocycles. The number of fused-ring (bicyclic) bond motifs is 1. The molecule has 2 aromatic carbocycles. The molecule has 0 saturated heterocycles. The maximum atomic E-state index is 12.4. The van der Waals surface area contributed by atoms with Crippen molar-refractivity contribution in [2.75, 3.05) is 6.61 Å². The lowest BCUT2D eigenvalue weighted by Gasteiger charge is -2.26. The normalized spacial score (nSPS) is 15.5. The van der Waals surface area contributed by atoms with Crippen LogP contribution in [0.2, 0.25) is 0 Å². The molecule has 1 unspecified atom stereocenters. The number of hydrogen-bond acceptors (Lipinski definition) is 3. The molecule has 2 N–H and O–H groups in total. The molecule has 2 amide bonds. The van der Waals surface area contributed by atoms with Crippen molar-refractivity contribution < 1.29 is 9.53 Å². The largest absolute Gasteiger partial charge is 0.493 e. The number of hydrogen-bond donors (Lipinski definition) is 2. The van der Waals surface area contributed by atoms with Gasteiger partial charge in [-0.25, -0.2) is 4.79 Å². The smallest absolute Gasteiger partial charge is 0.315 e. The number of para-hydroxylation sites is 1. The highest BCUT2D eigenvalue weighted by atomic mass is 16.5. The number of nitrogens with zero attached hydrogens (tertiary/aromatic N) is 2. The van der Waals surface area contributed by atoms with E-state index in [9.17, 15) is 4.79 Å². The van der Waals surface area contributed by atoms with Gasteiger partial charge in [0.2, 0.25) is 0 Å². The maximum Gasteiger partial charge on any atom is 0.315 e. The number of ether oxygens (including phenoxy) is 1. The van der Waals surface area contributed by atoms with Gasteiger partial charge in [0.1, 0.15) is 5.75 Å². The fraction of sp³-hybridized carbons (Fsp3) is 0.238. The number of carbonyl (C=O) groups excluding carboxylic acids is 1. The molecule has 0 bridgehead atoms. The molecule has 0 saturated carbocycles. The van der Waals surface area contributed by atoms with E-state index in [1.165, 1.54) is 0 Å². The first-order valence-electron chi connectivity index (χ1n) is 9.10. The van der Waals surface area contributed by atoms with Crippen LogP contribution in [-0.2, 0) is 13.1 Å². The number of nitrogens with one attached hydrogen (secondary N) is 2. The SMILES string of the molecule is O=C(NCc1ccccc1Cn1cccn1)NC1CCOc2ccccc21. The highest BCUT2D eigenvalue weighted by Crippen LogP contribution is 2.31. The molecule has 0 fully saturated rings. The highest BCUT2D eigenvalue weighted by molar-refractivity contribution is 5.74. The van der Waals surface area contributed by atoms with Gasteiger partial charge in [-0.3, -0.25) is 4.68 Å². The number of rotatable bonds is 5. The van der Waals surface area contributed by atoms with E-state index in [0.29, 0.717) is 19.7 Å². The summed E-state index contributed by atoms with van der Waals surface area (Å²) < 4.78 is 7.52. The Kier molecular flexibility index (Phi) is 5.05. The fourth-order valence-corrected chi connectivity index (χ4v) is 3.33. The minimum atomic E-state index is -0.175. The van der Waals surface area contributed by atoms with E-state index in [-0.39, 0.29) is 12.1 Å². The summed E-state index contributed by atoms with van der Waals surface area (Å²) in [5.41, 5.74) is 3.24. The van der Waals surface area contributed by atoms with Crippen LogP contribution in [0.1, 0.15) is 29.2 Å². The number of carbonyl (C=O) groups is 1. The first-order valence-corrected chi connectivity index (χ1v) is 9.10. The molecule has 0 aliphatic carbocycles. The Hall–Kier alpha value is -3.28. The van der Waals surface area contributed by atoms with E-state index in [0.717, 1.165) is 28.9 Å². The average molecular weight is 362 g/mol. The van der Waals surface area contributed by atoms with Gasteiger partial charge in [0, 0.05) is 30.9 Å². The lowest BCUT2D eigenvalue weighted by molar-refractivity contribution is 0.223. The van der Waals surface area contributed by atoms with Crippen LogP contribution >= 0.6 is 0 Å². The van der Waals surface area contributed by atoms with Crippen molar-refractivity contribution in [1.82, 2.24) is 20.4 Å². The third-order valence-electron chi connectivity index (χ3n) is 4.71. The van der Waals surface area contributed by atoms with Gasteiger partial charge in [-0.15, -0.1) is 0 Å². The minimum Gasteiger partial charge on any atom is -0.493 e. The number of urea groups is 1. The van der Waals surface area contributed by atoms with Gasteiger partial charge in [0.05, 0.1) is 19.2 Å². The monoisotopic (exact) mass is 362 g/mol. The summed E-state index contributed by atoms with van der Waals surface area (Å²) in [5.74, 6) is 0.846. The summed E-state index contributed by atoms with van der Waals surface area (Å²) >= 11 is 0. The Morgan fingerprint density at radius 3 is 2.78 bits per heavy atom. The second kappa shape index (κ2) is 7.95. The lowest BCUT2D eigenvalue weighted by atomic mass is 10.0. The third-order valence-corrected chi connectivity index (χ3v) is 4.71. The summed E-state index contributed by atoms with van der Waals surface area (Å²) in [6.07, 6.45) is 4.46. The zero-order valence-electron chi connectivity index (χ0n) is 15.0. The Labute approximate surface area is 158 Å². The fourth-order valence-electron chi connectivity index (χ4n) is 3.33. The molecule has 6 heteroatoms. The number of benzene rings is 2. The van der Waals surface area contributed by atoms with E-state index < -0.39 is 0 Å². The van der Waals surface area contributed by atoms with Gasteiger partial charge < -0.3 is 15.4 Å². The summed E-state index contributed by atoms with van der Waals surface area (Å²) in [5, 5.41) is 10.3. The molecule has 0 radical (unpaired) electrons. The van der Waals surface area contributed by atoms with Crippen LogP contribution in [-0.4, -0.2) is 22.4 Å². The summed E-state index contributed by atoms with van der Waals surface area (Å²) in [6.45, 7) is 1.75. The third kappa shape index (κ3) is 4.11. The molecule has 0 spiro atoms. The van der Waals surface area contributed by atoms with Crippen molar-refractivity contribution in [3.63, 3.8) is 0 Å². The van der Waals surface area contributed by atoms with E-state index in [1.807, 2.05) is 59.4 Å². The number of amides is 2. The first kappa shape index (κ1) is 17.1. The molecule has 1 aromatic heterocycles. The Morgan fingerprint density at radius 1 is 1.11 bits per heavy atom. The van der Waals surface area contributed by atoms with E-state index in [4.69, 9.17) is 4.74 Å². The molecule has 1 atom stereocenters. The molecular formula is C21H22N4O2. The average Bonchev–Trinajstić information content (AvgIpc) is 3.21. The predicted molar refractivity (Wildman–Crippen MR) is 102 cm³/mol. The molecule has 2 heterocycles. The van der Waals surface area contributed by atoms with Gasteiger partial charge in [-0.2, -0.15) is 5.10 Å². The Morgan fingerprint density at radius 2 is 1.93 bits per heavy atom. The highest BCUT2D eigenvalue weighted by Gasteiger charge is 2.22. The molecule has 27 heavy (non-hydrogen) atoms. The molecule has 1 aliphatic rings. The van der Waals surface area contributed by atoms with Crippen LogP contribution in [0.5, 0.6) is 5.75 Å². The second-order valence-electron chi connectivity index (χ2n) is 6.53. The van der Waals surface area contributed by atoms with Gasteiger partial charge in [-0.05, 0) is 23.3 Å². The molecule has 3 aromatic rings.